The van der Waals surface area contributed by atoms with E-state index in [4.69, 9.17) is 16.3 Å². The van der Waals surface area contributed by atoms with Crippen LogP contribution in [0.4, 0.5) is 0 Å². The van der Waals surface area contributed by atoms with E-state index in [2.05, 4.69) is 17.3 Å². The minimum Gasteiger partial charge on any atom is -0.374 e. The molecule has 1 N–H and O–H groups in total. The summed E-state index contributed by atoms with van der Waals surface area (Å²) in [5.74, 6) is 0. The highest BCUT2D eigenvalue weighted by atomic mass is 35.5. The van der Waals surface area contributed by atoms with Gasteiger partial charge in [-0.05, 0) is 19.9 Å². The van der Waals surface area contributed by atoms with E-state index < -0.39 is 0 Å². The van der Waals surface area contributed by atoms with E-state index in [-0.39, 0.29) is 0 Å². The summed E-state index contributed by atoms with van der Waals surface area (Å²) in [6.45, 7) is 3.89. The van der Waals surface area contributed by atoms with Crippen LogP contribution in [0.25, 0.3) is 0 Å². The molecule has 100 valence electrons. The third kappa shape index (κ3) is 4.40. The highest BCUT2D eigenvalue weighted by molar-refractivity contribution is 6.21. The van der Waals surface area contributed by atoms with Crippen molar-refractivity contribution in [1.82, 2.24) is 10.2 Å². The van der Waals surface area contributed by atoms with Gasteiger partial charge in [0.15, 0.2) is 0 Å². The summed E-state index contributed by atoms with van der Waals surface area (Å²) in [6, 6.07) is 0.481. The predicted octanol–water partition coefficient (Wildman–Crippen LogP) is 1.85. The molecule has 3 atom stereocenters. The minimum atomic E-state index is 0.304. The van der Waals surface area contributed by atoms with Gasteiger partial charge in [0, 0.05) is 31.1 Å². The highest BCUT2D eigenvalue weighted by Gasteiger charge is 2.24. The van der Waals surface area contributed by atoms with E-state index in [0.717, 1.165) is 32.7 Å². The molecule has 0 aromatic carbocycles. The SMILES string of the molecule is CN1CCOC(CNC2CCCCCC2Cl)C1. The van der Waals surface area contributed by atoms with E-state index in [1.165, 1.54) is 25.7 Å². The van der Waals surface area contributed by atoms with Crippen LogP contribution >= 0.6 is 11.6 Å². The number of nitrogens with zero attached hydrogens (tertiary/aromatic N) is 1. The molecular weight excluding hydrogens is 236 g/mol. The quantitative estimate of drug-likeness (QED) is 0.619. The molecule has 2 rings (SSSR count). The molecule has 1 saturated carbocycles. The highest BCUT2D eigenvalue weighted by Crippen LogP contribution is 2.22. The van der Waals surface area contributed by atoms with Crippen molar-refractivity contribution in [3.8, 4) is 0 Å². The molecule has 0 amide bonds. The van der Waals surface area contributed by atoms with Crippen LogP contribution < -0.4 is 5.32 Å². The first-order valence-corrected chi connectivity index (χ1v) is 7.37. The number of nitrogens with one attached hydrogen (secondary N) is 1. The molecule has 0 aromatic heterocycles. The Balaban J connectivity index is 1.72. The Morgan fingerprint density at radius 1 is 1.29 bits per heavy atom. The predicted molar refractivity (Wildman–Crippen MR) is 71.8 cm³/mol. The Morgan fingerprint density at radius 3 is 2.94 bits per heavy atom. The third-order valence-corrected chi connectivity index (χ3v) is 4.40. The smallest absolute Gasteiger partial charge is 0.0826 e. The normalized spacial score (nSPS) is 36.7. The lowest BCUT2D eigenvalue weighted by Gasteiger charge is -2.32. The van der Waals surface area contributed by atoms with Crippen LogP contribution in [0.5, 0.6) is 0 Å². The molecule has 1 saturated heterocycles. The van der Waals surface area contributed by atoms with E-state index in [1.807, 2.05) is 0 Å². The summed E-state index contributed by atoms with van der Waals surface area (Å²) in [4.78, 5) is 2.33. The average Bonchev–Trinajstić information content (AvgIpc) is 2.52. The van der Waals surface area contributed by atoms with Gasteiger partial charge in [-0.1, -0.05) is 19.3 Å². The second-order valence-corrected chi connectivity index (χ2v) is 5.98. The Hall–Kier alpha value is 0.170. The second kappa shape index (κ2) is 6.93. The standard InChI is InChI=1S/C13H25ClN2O/c1-16-7-8-17-11(10-16)9-15-13-6-4-2-3-5-12(13)14/h11-13,15H,2-10H2,1H3. The van der Waals surface area contributed by atoms with Crippen molar-refractivity contribution in [1.29, 1.82) is 0 Å². The fourth-order valence-corrected chi connectivity index (χ4v) is 3.13. The summed E-state index contributed by atoms with van der Waals surface area (Å²) in [5, 5.41) is 3.92. The van der Waals surface area contributed by atoms with Crippen LogP contribution in [0.3, 0.4) is 0 Å². The first-order valence-electron chi connectivity index (χ1n) is 6.93. The number of ether oxygens (including phenoxy) is 1. The molecular formula is C13H25ClN2O. The lowest BCUT2D eigenvalue weighted by Crippen LogP contribution is -2.48. The number of hydrogen-bond donors (Lipinski definition) is 1. The Bertz CT molecular complexity index is 227. The first kappa shape index (κ1) is 13.6. The number of alkyl halides is 1. The van der Waals surface area contributed by atoms with E-state index >= 15 is 0 Å². The average molecular weight is 261 g/mol. The van der Waals surface area contributed by atoms with Gasteiger partial charge in [0.25, 0.3) is 0 Å². The van der Waals surface area contributed by atoms with Crippen LogP contribution in [0.1, 0.15) is 32.1 Å². The second-order valence-electron chi connectivity index (χ2n) is 5.42. The number of rotatable bonds is 3. The van der Waals surface area contributed by atoms with Crippen LogP contribution in [-0.4, -0.2) is 55.7 Å². The van der Waals surface area contributed by atoms with Gasteiger partial charge in [0.1, 0.15) is 0 Å². The summed E-state index contributed by atoms with van der Waals surface area (Å²) >= 11 is 6.42. The van der Waals surface area contributed by atoms with Crippen molar-refractivity contribution in [3.05, 3.63) is 0 Å². The molecule has 0 aromatic rings. The van der Waals surface area contributed by atoms with Crippen molar-refractivity contribution in [3.63, 3.8) is 0 Å². The van der Waals surface area contributed by atoms with E-state index in [0.29, 0.717) is 17.5 Å². The molecule has 0 spiro atoms. The van der Waals surface area contributed by atoms with Crippen molar-refractivity contribution in [2.45, 2.75) is 49.6 Å². The molecule has 1 heterocycles. The van der Waals surface area contributed by atoms with Gasteiger partial charge in [0.05, 0.1) is 12.7 Å². The lowest BCUT2D eigenvalue weighted by molar-refractivity contribution is -0.0194. The van der Waals surface area contributed by atoms with Crippen LogP contribution in [0.2, 0.25) is 0 Å². The van der Waals surface area contributed by atoms with Gasteiger partial charge in [-0.2, -0.15) is 0 Å². The molecule has 4 heteroatoms. The Labute approximate surface area is 110 Å². The first-order chi connectivity index (χ1) is 8.25. The maximum atomic E-state index is 6.42. The van der Waals surface area contributed by atoms with E-state index in [1.54, 1.807) is 0 Å². The molecule has 0 radical (unpaired) electrons. The van der Waals surface area contributed by atoms with Crippen molar-refractivity contribution in [2.24, 2.45) is 0 Å². The van der Waals surface area contributed by atoms with Gasteiger partial charge in [0.2, 0.25) is 0 Å². The molecule has 3 unspecified atom stereocenters. The third-order valence-electron chi connectivity index (χ3n) is 3.88. The van der Waals surface area contributed by atoms with Gasteiger partial charge >= 0.3 is 0 Å². The van der Waals surface area contributed by atoms with Crippen LogP contribution in [0, 0.1) is 0 Å². The largest absolute Gasteiger partial charge is 0.374 e. The minimum absolute atomic E-state index is 0.304. The maximum absolute atomic E-state index is 6.42. The van der Waals surface area contributed by atoms with Gasteiger partial charge in [-0.25, -0.2) is 0 Å². The monoisotopic (exact) mass is 260 g/mol. The zero-order valence-electron chi connectivity index (χ0n) is 10.8. The van der Waals surface area contributed by atoms with Crippen molar-refractivity contribution >= 4 is 11.6 Å². The molecule has 17 heavy (non-hydrogen) atoms. The maximum Gasteiger partial charge on any atom is 0.0826 e. The zero-order valence-corrected chi connectivity index (χ0v) is 11.6. The van der Waals surface area contributed by atoms with Gasteiger partial charge in [-0.15, -0.1) is 11.6 Å². The molecule has 2 fully saturated rings. The summed E-state index contributed by atoms with van der Waals surface area (Å²) in [7, 11) is 2.16. The van der Waals surface area contributed by atoms with Crippen molar-refractivity contribution < 1.29 is 4.74 Å². The number of halogens is 1. The summed E-state index contributed by atoms with van der Waals surface area (Å²) < 4.78 is 5.76. The molecule has 1 aliphatic heterocycles. The fraction of sp³-hybridized carbons (Fsp3) is 1.00. The Morgan fingerprint density at radius 2 is 2.12 bits per heavy atom. The lowest BCUT2D eigenvalue weighted by atomic mass is 10.1. The molecule has 3 nitrogen and oxygen atoms in total. The topological polar surface area (TPSA) is 24.5 Å². The van der Waals surface area contributed by atoms with Gasteiger partial charge < -0.3 is 15.0 Å². The molecule has 0 bridgehead atoms. The molecule has 2 aliphatic rings. The summed E-state index contributed by atoms with van der Waals surface area (Å²) in [6.07, 6.45) is 6.65. The van der Waals surface area contributed by atoms with Crippen LogP contribution in [-0.2, 0) is 4.74 Å². The summed E-state index contributed by atoms with van der Waals surface area (Å²) in [5.41, 5.74) is 0. The molecule has 1 aliphatic carbocycles. The fourth-order valence-electron chi connectivity index (χ4n) is 2.77. The number of morpholine rings is 1. The van der Waals surface area contributed by atoms with Crippen LogP contribution in [0.15, 0.2) is 0 Å². The number of hydrogen-bond acceptors (Lipinski definition) is 3. The number of likely N-dealkylation sites (N-methyl/N-ethyl adjacent to an activating group) is 1. The van der Waals surface area contributed by atoms with E-state index in [9.17, 15) is 0 Å². The Kier molecular flexibility index (Phi) is 5.54. The zero-order chi connectivity index (χ0) is 12.1. The van der Waals surface area contributed by atoms with Gasteiger partial charge in [-0.3, -0.25) is 0 Å². The van der Waals surface area contributed by atoms with Crippen molar-refractivity contribution in [2.75, 3.05) is 33.3 Å².